The van der Waals surface area contributed by atoms with E-state index in [-0.39, 0.29) is 20.6 Å². The van der Waals surface area contributed by atoms with Crippen molar-refractivity contribution in [2.24, 2.45) is 0 Å². The van der Waals surface area contributed by atoms with Crippen LogP contribution in [0.2, 0.25) is 4.47 Å². The maximum atomic E-state index is 12.1. The minimum atomic E-state index is -3.79. The predicted molar refractivity (Wildman–Crippen MR) is 74.9 cm³/mol. The van der Waals surface area contributed by atoms with Gasteiger partial charge in [0.2, 0.25) is 5.91 Å². The number of hydrogen-bond acceptors (Lipinski definition) is 5. The van der Waals surface area contributed by atoms with E-state index in [9.17, 15) is 13.2 Å². The minimum absolute atomic E-state index is 0.0293. The fraction of sp³-hybridized carbons (Fsp3) is 0.600. The third kappa shape index (κ3) is 4.41. The summed E-state index contributed by atoms with van der Waals surface area (Å²) >= 11 is 6.54. The summed E-state index contributed by atoms with van der Waals surface area (Å²) in [6.07, 6.45) is 0. The molecule has 1 atom stereocenters. The smallest absolute Gasteiger partial charge is 0.252 e. The van der Waals surface area contributed by atoms with Crippen molar-refractivity contribution >= 4 is 38.9 Å². The van der Waals surface area contributed by atoms with Gasteiger partial charge in [0, 0.05) is 6.04 Å². The van der Waals surface area contributed by atoms with Crippen LogP contribution < -0.4 is 10.0 Å². The lowest BCUT2D eigenvalue weighted by Crippen LogP contribution is -2.46. The lowest BCUT2D eigenvalue weighted by Gasteiger charge is -2.15. The fourth-order valence-electron chi connectivity index (χ4n) is 1.35. The molecule has 0 aromatic carbocycles. The van der Waals surface area contributed by atoms with Crippen molar-refractivity contribution < 1.29 is 13.2 Å². The molecule has 0 fully saturated rings. The van der Waals surface area contributed by atoms with Gasteiger partial charge in [-0.25, -0.2) is 13.4 Å². The largest absolute Gasteiger partial charge is 0.353 e. The summed E-state index contributed by atoms with van der Waals surface area (Å²) < 4.78 is 26.7. The Bertz CT molecular complexity index is 569. The van der Waals surface area contributed by atoms with Crippen molar-refractivity contribution in [1.82, 2.24) is 15.0 Å². The number of hydrogen-bond donors (Lipinski definition) is 2. The van der Waals surface area contributed by atoms with Gasteiger partial charge in [0.25, 0.3) is 10.0 Å². The summed E-state index contributed by atoms with van der Waals surface area (Å²) in [6.45, 7) is 6.63. The Morgan fingerprint density at radius 2 is 1.95 bits per heavy atom. The molecule has 1 aromatic rings. The van der Waals surface area contributed by atoms with E-state index in [2.05, 4.69) is 15.0 Å². The molecule has 1 rings (SSSR count). The van der Waals surface area contributed by atoms with Crippen LogP contribution in [0.5, 0.6) is 0 Å². The highest BCUT2D eigenvalue weighted by Crippen LogP contribution is 2.26. The van der Waals surface area contributed by atoms with Crippen molar-refractivity contribution in [3.8, 4) is 0 Å². The van der Waals surface area contributed by atoms with Gasteiger partial charge < -0.3 is 5.32 Å². The minimum Gasteiger partial charge on any atom is -0.353 e. The maximum absolute atomic E-state index is 12.1. The Morgan fingerprint density at radius 3 is 2.37 bits per heavy atom. The second-order valence-corrected chi connectivity index (χ2v) is 7.84. The summed E-state index contributed by atoms with van der Waals surface area (Å²) in [6, 6.07) is -0.924. The molecule has 0 saturated heterocycles. The summed E-state index contributed by atoms with van der Waals surface area (Å²) in [5.41, 5.74) is 0.318. The highest BCUT2D eigenvalue weighted by molar-refractivity contribution is 7.91. The highest BCUT2D eigenvalue weighted by Gasteiger charge is 2.26. The first-order valence-corrected chi connectivity index (χ1v) is 8.27. The highest BCUT2D eigenvalue weighted by atomic mass is 35.5. The fourth-order valence-corrected chi connectivity index (χ4v) is 4.31. The van der Waals surface area contributed by atoms with Crippen LogP contribution in [0.3, 0.4) is 0 Å². The van der Waals surface area contributed by atoms with Crippen LogP contribution in [0, 0.1) is 6.92 Å². The molecule has 0 aliphatic carbocycles. The normalized spacial score (nSPS) is 13.6. The Hall–Kier alpha value is -0.700. The molecule has 1 amide bonds. The van der Waals surface area contributed by atoms with Gasteiger partial charge in [-0.2, -0.15) is 4.72 Å². The molecule has 1 unspecified atom stereocenters. The molecule has 0 aliphatic heterocycles. The molecule has 0 aliphatic rings. The average Bonchev–Trinajstić information content (AvgIpc) is 2.56. The van der Waals surface area contributed by atoms with Gasteiger partial charge in [0.15, 0.2) is 8.68 Å². The van der Waals surface area contributed by atoms with Crippen molar-refractivity contribution in [2.45, 2.75) is 44.0 Å². The van der Waals surface area contributed by atoms with Gasteiger partial charge in [0.05, 0.1) is 11.7 Å². The van der Waals surface area contributed by atoms with Crippen molar-refractivity contribution in [3.63, 3.8) is 0 Å². The zero-order valence-electron chi connectivity index (χ0n) is 11.0. The summed E-state index contributed by atoms with van der Waals surface area (Å²) in [5.74, 6) is -0.383. The van der Waals surface area contributed by atoms with Crippen LogP contribution >= 0.6 is 22.9 Å². The third-order valence-electron chi connectivity index (χ3n) is 2.13. The topological polar surface area (TPSA) is 88.2 Å². The molecule has 19 heavy (non-hydrogen) atoms. The number of aryl methyl sites for hydroxylation is 1. The van der Waals surface area contributed by atoms with Crippen LogP contribution in [0.15, 0.2) is 4.21 Å². The van der Waals surface area contributed by atoms with E-state index in [1.165, 1.54) is 6.92 Å². The number of amides is 1. The third-order valence-corrected chi connectivity index (χ3v) is 5.54. The Morgan fingerprint density at radius 1 is 1.37 bits per heavy atom. The Balaban J connectivity index is 2.86. The zero-order chi connectivity index (χ0) is 14.8. The number of sulfonamides is 1. The van der Waals surface area contributed by atoms with Gasteiger partial charge in [-0.1, -0.05) is 22.9 Å². The SMILES string of the molecule is Cc1nc(Cl)sc1S(=O)(=O)NC(C)C(=O)NC(C)C. The second-order valence-electron chi connectivity index (χ2n) is 4.35. The van der Waals surface area contributed by atoms with E-state index >= 15 is 0 Å². The summed E-state index contributed by atoms with van der Waals surface area (Å²) in [4.78, 5) is 15.5. The van der Waals surface area contributed by atoms with Crippen LogP contribution in [-0.4, -0.2) is 31.4 Å². The number of carbonyl (C=O) groups is 1. The molecule has 1 heterocycles. The van der Waals surface area contributed by atoms with E-state index in [0.29, 0.717) is 5.69 Å². The van der Waals surface area contributed by atoms with Crippen LogP contribution in [0.1, 0.15) is 26.5 Å². The van der Waals surface area contributed by atoms with Gasteiger partial charge in [0.1, 0.15) is 0 Å². The average molecular weight is 326 g/mol. The lowest BCUT2D eigenvalue weighted by atomic mass is 10.3. The van der Waals surface area contributed by atoms with Gasteiger partial charge in [-0.3, -0.25) is 4.79 Å². The van der Waals surface area contributed by atoms with Gasteiger partial charge in [-0.05, 0) is 27.7 Å². The van der Waals surface area contributed by atoms with E-state index < -0.39 is 16.1 Å². The van der Waals surface area contributed by atoms with E-state index in [4.69, 9.17) is 11.6 Å². The van der Waals surface area contributed by atoms with Crippen molar-refractivity contribution in [3.05, 3.63) is 10.2 Å². The molecular weight excluding hydrogens is 310 g/mol. The number of halogens is 1. The summed E-state index contributed by atoms with van der Waals surface area (Å²) in [7, 11) is -3.79. The first-order chi connectivity index (χ1) is 8.63. The molecule has 6 nitrogen and oxygen atoms in total. The van der Waals surface area contributed by atoms with Crippen LogP contribution in [-0.2, 0) is 14.8 Å². The van der Waals surface area contributed by atoms with Crippen molar-refractivity contribution in [2.75, 3.05) is 0 Å². The van der Waals surface area contributed by atoms with Crippen LogP contribution in [0.4, 0.5) is 0 Å². The molecule has 1 aromatic heterocycles. The lowest BCUT2D eigenvalue weighted by molar-refractivity contribution is -0.122. The Labute approximate surface area is 121 Å². The van der Waals surface area contributed by atoms with E-state index in [0.717, 1.165) is 11.3 Å². The first kappa shape index (κ1) is 16.4. The number of carbonyl (C=O) groups excluding carboxylic acids is 1. The maximum Gasteiger partial charge on any atom is 0.252 e. The molecule has 9 heteroatoms. The number of nitrogens with zero attached hydrogens (tertiary/aromatic N) is 1. The molecule has 0 spiro atoms. The Kier molecular flexibility index (Phi) is 5.31. The number of rotatable bonds is 5. The predicted octanol–water partition coefficient (Wildman–Crippen LogP) is 1.30. The van der Waals surface area contributed by atoms with Gasteiger partial charge in [-0.15, -0.1) is 0 Å². The zero-order valence-corrected chi connectivity index (χ0v) is 13.4. The van der Waals surface area contributed by atoms with E-state index in [1.54, 1.807) is 20.8 Å². The molecule has 0 saturated carbocycles. The molecule has 108 valence electrons. The van der Waals surface area contributed by atoms with Crippen LogP contribution in [0.25, 0.3) is 0 Å². The summed E-state index contributed by atoms with van der Waals surface area (Å²) in [5, 5.41) is 2.63. The quantitative estimate of drug-likeness (QED) is 0.854. The number of thiazole rings is 1. The van der Waals surface area contributed by atoms with E-state index in [1.807, 2.05) is 0 Å². The molecule has 0 radical (unpaired) electrons. The number of nitrogens with one attached hydrogen (secondary N) is 2. The standard InChI is InChI=1S/C10H16ClN3O3S2/c1-5(2)12-8(15)6(3)14-19(16,17)9-7(4)13-10(11)18-9/h5-6,14H,1-4H3,(H,12,15). The molecule has 0 bridgehead atoms. The number of aromatic nitrogens is 1. The monoisotopic (exact) mass is 325 g/mol. The molecular formula is C10H16ClN3O3S2. The first-order valence-electron chi connectivity index (χ1n) is 5.59. The second kappa shape index (κ2) is 6.17. The van der Waals surface area contributed by atoms with Gasteiger partial charge >= 0.3 is 0 Å². The van der Waals surface area contributed by atoms with Crippen molar-refractivity contribution in [1.29, 1.82) is 0 Å². The molecule has 2 N–H and O–H groups in total.